The number of nitrogens with zero attached hydrogens (tertiary/aromatic N) is 1. The van der Waals surface area contributed by atoms with Crippen LogP contribution in [-0.4, -0.2) is 12.6 Å². The Hall–Kier alpha value is -4.76. The Morgan fingerprint density at radius 1 is 0.973 bits per heavy atom. The van der Waals surface area contributed by atoms with Crippen molar-refractivity contribution in [3.8, 4) is 23.3 Å². The van der Waals surface area contributed by atoms with Gasteiger partial charge in [0.2, 0.25) is 5.88 Å². The Kier molecular flexibility index (Phi) is 6.53. The lowest BCUT2D eigenvalue weighted by Gasteiger charge is -2.27. The Bertz CT molecular complexity index is 1540. The van der Waals surface area contributed by atoms with E-state index in [9.17, 15) is 10.1 Å². The summed E-state index contributed by atoms with van der Waals surface area (Å²) in [5.41, 5.74) is 9.42. The molecule has 184 valence electrons. The number of rotatable bonds is 6. The molecule has 0 saturated heterocycles. The fourth-order valence-electron chi connectivity index (χ4n) is 4.57. The molecule has 5 rings (SSSR count). The van der Waals surface area contributed by atoms with E-state index < -0.39 is 11.9 Å². The first kappa shape index (κ1) is 24.0. The topological polar surface area (TPSA) is 94.6 Å². The fourth-order valence-corrected chi connectivity index (χ4v) is 4.57. The van der Waals surface area contributed by atoms with Crippen molar-refractivity contribution in [2.45, 2.75) is 25.7 Å². The van der Waals surface area contributed by atoms with Crippen molar-refractivity contribution in [2.24, 2.45) is 5.73 Å². The quantitative estimate of drug-likeness (QED) is 0.257. The zero-order chi connectivity index (χ0) is 25.9. The van der Waals surface area contributed by atoms with Crippen molar-refractivity contribution in [1.29, 1.82) is 5.26 Å². The lowest BCUT2D eigenvalue weighted by Crippen LogP contribution is -2.22. The number of carbonyl (C=O) groups is 1. The van der Waals surface area contributed by atoms with Crippen LogP contribution in [0.15, 0.2) is 96.4 Å². The van der Waals surface area contributed by atoms with Crippen LogP contribution in [0.1, 0.15) is 42.4 Å². The van der Waals surface area contributed by atoms with Gasteiger partial charge in [-0.3, -0.25) is 0 Å². The van der Waals surface area contributed by atoms with Crippen molar-refractivity contribution in [2.75, 3.05) is 6.61 Å². The highest BCUT2D eigenvalue weighted by molar-refractivity contribution is 5.87. The molecule has 37 heavy (non-hydrogen) atoms. The Morgan fingerprint density at radius 3 is 2.46 bits per heavy atom. The van der Waals surface area contributed by atoms with E-state index in [-0.39, 0.29) is 12.5 Å². The number of carbonyl (C=O) groups excluding carboxylic acids is 1. The molecule has 1 unspecified atom stereocenters. The predicted octanol–water partition coefficient (Wildman–Crippen LogP) is 6.17. The molecule has 0 saturated carbocycles. The van der Waals surface area contributed by atoms with E-state index >= 15 is 0 Å². The maximum absolute atomic E-state index is 12.5. The summed E-state index contributed by atoms with van der Waals surface area (Å²) in [6.45, 7) is 3.99. The first-order valence-corrected chi connectivity index (χ1v) is 12.1. The van der Waals surface area contributed by atoms with Gasteiger partial charge in [0.05, 0.1) is 5.92 Å². The second kappa shape index (κ2) is 10.1. The van der Waals surface area contributed by atoms with Gasteiger partial charge in [-0.05, 0) is 46.0 Å². The molecule has 1 atom stereocenters. The normalized spacial score (nSPS) is 14.6. The number of benzene rings is 4. The maximum Gasteiger partial charge on any atom is 0.349 e. The highest BCUT2D eigenvalue weighted by Crippen LogP contribution is 2.45. The van der Waals surface area contributed by atoms with Gasteiger partial charge in [-0.25, -0.2) is 4.79 Å². The van der Waals surface area contributed by atoms with Crippen molar-refractivity contribution in [3.05, 3.63) is 113 Å². The smallest absolute Gasteiger partial charge is 0.349 e. The molecular formula is C31H26N2O4. The highest BCUT2D eigenvalue weighted by atomic mass is 16.6. The Balaban J connectivity index is 1.38. The summed E-state index contributed by atoms with van der Waals surface area (Å²) in [7, 11) is 0. The third kappa shape index (κ3) is 4.85. The maximum atomic E-state index is 12.5. The van der Waals surface area contributed by atoms with Crippen LogP contribution in [0.2, 0.25) is 0 Å². The lowest BCUT2D eigenvalue weighted by atomic mass is 9.81. The second-order valence-corrected chi connectivity index (χ2v) is 9.18. The van der Waals surface area contributed by atoms with Crippen molar-refractivity contribution < 1.29 is 19.0 Å². The number of allylic oxidation sites excluding steroid dienone is 1. The molecule has 1 aliphatic rings. The van der Waals surface area contributed by atoms with Gasteiger partial charge < -0.3 is 19.9 Å². The summed E-state index contributed by atoms with van der Waals surface area (Å²) in [5.74, 6) is 0.813. The Labute approximate surface area is 215 Å². The molecule has 6 heteroatoms. The van der Waals surface area contributed by atoms with Crippen LogP contribution in [0.5, 0.6) is 17.2 Å². The molecular weight excluding hydrogens is 464 g/mol. The first-order valence-electron chi connectivity index (χ1n) is 12.1. The molecule has 4 aromatic rings. The fraction of sp³-hybridized carbons (Fsp3) is 0.161. The van der Waals surface area contributed by atoms with Crippen molar-refractivity contribution in [3.63, 3.8) is 0 Å². The zero-order valence-electron chi connectivity index (χ0n) is 20.6. The second-order valence-electron chi connectivity index (χ2n) is 9.18. The molecule has 0 aromatic heterocycles. The molecule has 1 heterocycles. The largest absolute Gasteiger partial charge is 0.482 e. The number of hydrogen-bond donors (Lipinski definition) is 1. The molecule has 0 radical (unpaired) electrons. The minimum absolute atomic E-state index is 0.0320. The van der Waals surface area contributed by atoms with Crippen LogP contribution in [0.4, 0.5) is 0 Å². The highest BCUT2D eigenvalue weighted by Gasteiger charge is 2.32. The van der Waals surface area contributed by atoms with E-state index in [2.05, 4.69) is 19.9 Å². The average molecular weight is 491 g/mol. The van der Waals surface area contributed by atoms with Crippen LogP contribution >= 0.6 is 0 Å². The predicted molar refractivity (Wildman–Crippen MR) is 141 cm³/mol. The van der Waals surface area contributed by atoms with Gasteiger partial charge in [-0.1, -0.05) is 74.5 Å². The molecule has 2 N–H and O–H groups in total. The minimum Gasteiger partial charge on any atom is -0.482 e. The number of esters is 1. The van der Waals surface area contributed by atoms with Crippen LogP contribution in [-0.2, 0) is 4.79 Å². The molecule has 4 aromatic carbocycles. The molecule has 0 bridgehead atoms. The first-order chi connectivity index (χ1) is 17.9. The van der Waals surface area contributed by atoms with E-state index in [0.29, 0.717) is 28.7 Å². The molecule has 0 aliphatic carbocycles. The van der Waals surface area contributed by atoms with Crippen LogP contribution in [0, 0.1) is 11.3 Å². The summed E-state index contributed by atoms with van der Waals surface area (Å²) in [4.78, 5) is 12.5. The molecule has 1 aliphatic heterocycles. The van der Waals surface area contributed by atoms with Gasteiger partial charge in [0.15, 0.2) is 6.61 Å². The summed E-state index contributed by atoms with van der Waals surface area (Å²) in [6.07, 6.45) is 0. The summed E-state index contributed by atoms with van der Waals surface area (Å²) < 4.78 is 16.9. The SMILES string of the molecule is CC(C)c1ccc(OCC(=O)Oc2ccc3c(c2)OC(N)=C(C#N)C3c2cccc3ccccc23)cc1. The van der Waals surface area contributed by atoms with E-state index in [1.165, 1.54) is 5.56 Å². The summed E-state index contributed by atoms with van der Waals surface area (Å²) in [6, 6.07) is 28.9. The van der Waals surface area contributed by atoms with Gasteiger partial charge in [-0.2, -0.15) is 5.26 Å². The third-order valence-corrected chi connectivity index (χ3v) is 6.46. The van der Waals surface area contributed by atoms with E-state index in [0.717, 1.165) is 21.9 Å². The summed E-state index contributed by atoms with van der Waals surface area (Å²) in [5, 5.41) is 12.0. The number of ether oxygens (including phenoxy) is 3. The number of hydrogen-bond acceptors (Lipinski definition) is 6. The van der Waals surface area contributed by atoms with Crippen molar-refractivity contribution >= 4 is 16.7 Å². The molecule has 0 spiro atoms. The number of nitriles is 1. The van der Waals surface area contributed by atoms with Gasteiger partial charge in [0.1, 0.15) is 28.9 Å². The minimum atomic E-state index is -0.546. The number of fused-ring (bicyclic) bond motifs is 2. The third-order valence-electron chi connectivity index (χ3n) is 6.46. The Morgan fingerprint density at radius 2 is 1.70 bits per heavy atom. The molecule has 0 fully saturated rings. The van der Waals surface area contributed by atoms with Gasteiger partial charge >= 0.3 is 5.97 Å². The standard InChI is InChI=1S/C31H26N2O4/c1-19(2)20-10-12-22(13-11-20)35-18-29(34)36-23-14-15-26-28(16-23)37-31(33)27(17-32)30(26)25-9-5-7-21-6-3-4-8-24(21)25/h3-16,19,30H,18,33H2,1-2H3. The number of nitrogens with two attached hydrogens (primary N) is 1. The van der Waals surface area contributed by atoms with Gasteiger partial charge in [0, 0.05) is 11.6 Å². The zero-order valence-corrected chi connectivity index (χ0v) is 20.6. The average Bonchev–Trinajstić information content (AvgIpc) is 2.91. The van der Waals surface area contributed by atoms with E-state index in [4.69, 9.17) is 19.9 Å². The van der Waals surface area contributed by atoms with Crippen molar-refractivity contribution in [1.82, 2.24) is 0 Å². The molecule has 6 nitrogen and oxygen atoms in total. The van der Waals surface area contributed by atoms with E-state index in [1.807, 2.05) is 66.7 Å². The molecule has 0 amide bonds. The van der Waals surface area contributed by atoms with Gasteiger partial charge in [-0.15, -0.1) is 0 Å². The lowest BCUT2D eigenvalue weighted by molar-refractivity contribution is -0.136. The summed E-state index contributed by atoms with van der Waals surface area (Å²) >= 11 is 0. The van der Waals surface area contributed by atoms with E-state index in [1.54, 1.807) is 18.2 Å². The van der Waals surface area contributed by atoms with Crippen LogP contribution in [0.25, 0.3) is 10.8 Å². The van der Waals surface area contributed by atoms with Gasteiger partial charge in [0.25, 0.3) is 0 Å². The monoisotopic (exact) mass is 490 g/mol. The van der Waals surface area contributed by atoms with Crippen LogP contribution in [0.3, 0.4) is 0 Å². The van der Waals surface area contributed by atoms with Crippen LogP contribution < -0.4 is 19.9 Å².